The number of hydrogen-bond donors (Lipinski definition) is 2. The number of Topliss-reactive ketones (excluding diaryl/α,β-unsaturated/α-hetero) is 1. The number of aliphatic hydroxyl groups is 2. The van der Waals surface area contributed by atoms with Crippen LogP contribution in [0, 0.1) is 28.1 Å². The summed E-state index contributed by atoms with van der Waals surface area (Å²) in [5.74, 6) is 0.581. The standard InChI is InChI=1S/C30H44O4/c1-19(10-9-15-27(3,4)34)11-12-21(31)20(2)26-22(32)18-24-29(7)17-14-25(33)28(5,6)23(29)13-16-30(24,26)8/h9-12,15,23-25,33-34H,13-14,16-18H2,1-8H3/b12-11+,15-9+,19-10+,26-20?/t23-,24-,25-,29-,30-/m0/s1. The summed E-state index contributed by atoms with van der Waals surface area (Å²) in [6.45, 7) is 16.0. The molecule has 0 unspecified atom stereocenters. The highest BCUT2D eigenvalue weighted by Crippen LogP contribution is 2.69. The van der Waals surface area contributed by atoms with E-state index >= 15 is 0 Å². The molecule has 0 spiro atoms. The molecule has 4 heteroatoms. The van der Waals surface area contributed by atoms with E-state index in [-0.39, 0.29) is 39.8 Å². The first kappa shape index (κ1) is 26.8. The smallest absolute Gasteiger partial charge is 0.181 e. The van der Waals surface area contributed by atoms with Crippen LogP contribution in [0.2, 0.25) is 0 Å². The topological polar surface area (TPSA) is 74.6 Å². The van der Waals surface area contributed by atoms with E-state index in [1.807, 2.05) is 19.9 Å². The number of carbonyl (C=O) groups is 2. The minimum Gasteiger partial charge on any atom is -0.393 e. The number of allylic oxidation sites excluding steroid dienone is 7. The van der Waals surface area contributed by atoms with E-state index in [9.17, 15) is 19.8 Å². The van der Waals surface area contributed by atoms with Gasteiger partial charge in [0.15, 0.2) is 11.6 Å². The first-order valence-electron chi connectivity index (χ1n) is 12.8. The van der Waals surface area contributed by atoms with Crippen molar-refractivity contribution in [2.24, 2.45) is 28.1 Å². The molecule has 34 heavy (non-hydrogen) atoms. The van der Waals surface area contributed by atoms with Gasteiger partial charge in [-0.25, -0.2) is 0 Å². The van der Waals surface area contributed by atoms with Crippen LogP contribution in [0.25, 0.3) is 0 Å². The first-order valence-corrected chi connectivity index (χ1v) is 12.8. The van der Waals surface area contributed by atoms with Crippen LogP contribution in [-0.4, -0.2) is 33.5 Å². The Labute approximate surface area is 205 Å². The normalized spacial score (nSPS) is 37.8. The molecule has 0 aromatic carbocycles. The van der Waals surface area contributed by atoms with Gasteiger partial charge in [-0.1, -0.05) is 57.6 Å². The summed E-state index contributed by atoms with van der Waals surface area (Å²) < 4.78 is 0. The minimum atomic E-state index is -0.882. The van der Waals surface area contributed by atoms with Crippen LogP contribution in [0.3, 0.4) is 0 Å². The second kappa shape index (κ2) is 9.02. The van der Waals surface area contributed by atoms with E-state index in [0.29, 0.717) is 17.9 Å². The van der Waals surface area contributed by atoms with Crippen molar-refractivity contribution >= 4 is 11.6 Å². The number of fused-ring (bicyclic) bond motifs is 3. The molecule has 3 fully saturated rings. The third-order valence-electron chi connectivity index (χ3n) is 9.37. The van der Waals surface area contributed by atoms with Gasteiger partial charge < -0.3 is 10.2 Å². The first-order chi connectivity index (χ1) is 15.5. The van der Waals surface area contributed by atoms with Crippen molar-refractivity contribution in [1.29, 1.82) is 0 Å². The lowest BCUT2D eigenvalue weighted by Gasteiger charge is -2.62. The molecule has 3 aliphatic rings. The Balaban J connectivity index is 1.89. The van der Waals surface area contributed by atoms with Gasteiger partial charge >= 0.3 is 0 Å². The van der Waals surface area contributed by atoms with Crippen LogP contribution in [0.5, 0.6) is 0 Å². The molecule has 3 rings (SSSR count). The van der Waals surface area contributed by atoms with Gasteiger partial charge in [-0.15, -0.1) is 0 Å². The predicted molar refractivity (Wildman–Crippen MR) is 137 cm³/mol. The average molecular weight is 469 g/mol. The summed E-state index contributed by atoms with van der Waals surface area (Å²) in [5, 5.41) is 20.5. The summed E-state index contributed by atoms with van der Waals surface area (Å²) >= 11 is 0. The molecule has 3 saturated carbocycles. The molecule has 5 atom stereocenters. The zero-order chi connectivity index (χ0) is 25.7. The highest BCUT2D eigenvalue weighted by molar-refractivity contribution is 6.12. The van der Waals surface area contributed by atoms with E-state index in [1.165, 1.54) is 0 Å². The molecule has 3 aliphatic carbocycles. The van der Waals surface area contributed by atoms with Crippen LogP contribution in [0.1, 0.15) is 87.5 Å². The number of ketones is 2. The Hall–Kier alpha value is -1.78. The second-order valence-electron chi connectivity index (χ2n) is 12.7. The summed E-state index contributed by atoms with van der Waals surface area (Å²) in [5.41, 5.74) is 0.841. The summed E-state index contributed by atoms with van der Waals surface area (Å²) in [6.07, 6.45) is 12.4. The maximum absolute atomic E-state index is 13.4. The monoisotopic (exact) mass is 468 g/mol. The van der Waals surface area contributed by atoms with Gasteiger partial charge in [0.25, 0.3) is 0 Å². The molecule has 0 bridgehead atoms. The Kier molecular flexibility index (Phi) is 7.12. The van der Waals surface area contributed by atoms with Crippen LogP contribution in [-0.2, 0) is 9.59 Å². The van der Waals surface area contributed by atoms with Gasteiger partial charge in [0.05, 0.1) is 11.7 Å². The fourth-order valence-corrected chi connectivity index (χ4v) is 7.49. The van der Waals surface area contributed by atoms with E-state index < -0.39 is 5.60 Å². The quantitative estimate of drug-likeness (QED) is 0.389. The number of rotatable bonds is 5. The molecule has 0 aromatic rings. The Morgan fingerprint density at radius 2 is 1.68 bits per heavy atom. The highest BCUT2D eigenvalue weighted by atomic mass is 16.3. The molecular formula is C30H44O4. The van der Waals surface area contributed by atoms with Crippen molar-refractivity contribution in [1.82, 2.24) is 0 Å². The molecule has 0 aliphatic heterocycles. The molecular weight excluding hydrogens is 424 g/mol. The zero-order valence-corrected chi connectivity index (χ0v) is 22.4. The van der Waals surface area contributed by atoms with Crippen LogP contribution in [0.4, 0.5) is 0 Å². The molecule has 0 saturated heterocycles. The fraction of sp³-hybridized carbons (Fsp3) is 0.667. The number of hydrogen-bond acceptors (Lipinski definition) is 4. The maximum atomic E-state index is 13.4. The molecule has 0 amide bonds. The zero-order valence-electron chi connectivity index (χ0n) is 22.4. The summed E-state index contributed by atoms with van der Waals surface area (Å²) in [6, 6.07) is 0. The Morgan fingerprint density at radius 1 is 1.03 bits per heavy atom. The summed E-state index contributed by atoms with van der Waals surface area (Å²) in [7, 11) is 0. The second-order valence-corrected chi connectivity index (χ2v) is 12.7. The van der Waals surface area contributed by atoms with Crippen molar-refractivity contribution in [3.8, 4) is 0 Å². The van der Waals surface area contributed by atoms with Crippen LogP contribution >= 0.6 is 0 Å². The molecule has 4 nitrogen and oxygen atoms in total. The maximum Gasteiger partial charge on any atom is 0.181 e. The van der Waals surface area contributed by atoms with E-state index in [0.717, 1.165) is 36.8 Å². The lowest BCUT2D eigenvalue weighted by molar-refractivity contribution is -0.158. The SMILES string of the molecule is CC(C(=O)/C=C/C(C)=C/C=C/C(C)(C)O)=C1C(=O)C[C@H]2[C@@]3(C)CC[C@H](O)C(C)(C)[C@@H]3CC[C@]12C. The fourth-order valence-electron chi connectivity index (χ4n) is 7.49. The van der Waals surface area contributed by atoms with Gasteiger partial charge in [0.2, 0.25) is 0 Å². The van der Waals surface area contributed by atoms with Gasteiger partial charge in [0, 0.05) is 23.0 Å². The van der Waals surface area contributed by atoms with E-state index in [2.05, 4.69) is 27.7 Å². The lowest BCUT2D eigenvalue weighted by Crippen LogP contribution is -2.57. The van der Waals surface area contributed by atoms with Crippen molar-refractivity contribution in [2.45, 2.75) is 99.2 Å². The minimum absolute atomic E-state index is 0.0154. The van der Waals surface area contributed by atoms with Crippen molar-refractivity contribution < 1.29 is 19.8 Å². The molecule has 0 aromatic heterocycles. The Bertz CT molecular complexity index is 970. The highest BCUT2D eigenvalue weighted by Gasteiger charge is 2.64. The summed E-state index contributed by atoms with van der Waals surface area (Å²) in [4.78, 5) is 26.5. The van der Waals surface area contributed by atoms with Gasteiger partial charge in [-0.2, -0.15) is 0 Å². The largest absolute Gasteiger partial charge is 0.393 e. The Morgan fingerprint density at radius 3 is 2.29 bits per heavy atom. The van der Waals surface area contributed by atoms with Gasteiger partial charge in [-0.05, 0) is 82.1 Å². The third kappa shape index (κ3) is 4.68. The average Bonchev–Trinajstić information content (AvgIpc) is 2.99. The molecule has 0 radical (unpaired) electrons. The van der Waals surface area contributed by atoms with E-state index in [1.54, 1.807) is 38.2 Å². The van der Waals surface area contributed by atoms with Crippen molar-refractivity contribution in [3.05, 3.63) is 47.1 Å². The van der Waals surface area contributed by atoms with E-state index in [4.69, 9.17) is 0 Å². The van der Waals surface area contributed by atoms with Crippen molar-refractivity contribution in [2.75, 3.05) is 0 Å². The van der Waals surface area contributed by atoms with Crippen LogP contribution < -0.4 is 0 Å². The number of carbonyl (C=O) groups excluding carboxylic acids is 2. The lowest BCUT2D eigenvalue weighted by atomic mass is 9.43. The predicted octanol–water partition coefficient (Wildman–Crippen LogP) is 5.89. The third-order valence-corrected chi connectivity index (χ3v) is 9.37. The molecule has 2 N–H and O–H groups in total. The molecule has 0 heterocycles. The van der Waals surface area contributed by atoms with Crippen molar-refractivity contribution in [3.63, 3.8) is 0 Å². The van der Waals surface area contributed by atoms with Gasteiger partial charge in [0.1, 0.15) is 0 Å². The van der Waals surface area contributed by atoms with Gasteiger partial charge in [-0.3, -0.25) is 9.59 Å². The van der Waals surface area contributed by atoms with Crippen LogP contribution in [0.15, 0.2) is 47.1 Å². The number of aliphatic hydroxyl groups excluding tert-OH is 1. The molecule has 188 valence electrons.